The number of hydrogen-bond acceptors (Lipinski definition) is 2. The van der Waals surface area contributed by atoms with Crippen molar-refractivity contribution in [2.24, 2.45) is 11.8 Å². The number of aliphatic hydroxyl groups is 1. The molecule has 2 fully saturated rings. The molecule has 1 aromatic rings. The van der Waals surface area contributed by atoms with E-state index in [1.165, 1.54) is 29.7 Å². The quantitative estimate of drug-likeness (QED) is 0.865. The first-order valence-corrected chi connectivity index (χ1v) is 7.09. The molecule has 0 bridgehead atoms. The summed E-state index contributed by atoms with van der Waals surface area (Å²) in [5.74, 6) is 1.28. The normalized spacial score (nSPS) is 31.8. The van der Waals surface area contributed by atoms with Crippen molar-refractivity contribution in [2.45, 2.75) is 39.3 Å². The molecular weight excluding hydrogens is 222 g/mol. The molecule has 0 amide bonds. The van der Waals surface area contributed by atoms with Crippen molar-refractivity contribution in [3.8, 4) is 0 Å². The van der Waals surface area contributed by atoms with Gasteiger partial charge in [0.2, 0.25) is 0 Å². The largest absolute Gasteiger partial charge is 0.393 e. The summed E-state index contributed by atoms with van der Waals surface area (Å²) in [5, 5.41) is 9.94. The van der Waals surface area contributed by atoms with E-state index in [-0.39, 0.29) is 6.10 Å². The maximum Gasteiger partial charge on any atom is 0.0583 e. The van der Waals surface area contributed by atoms with Gasteiger partial charge >= 0.3 is 0 Å². The second-order valence-electron chi connectivity index (χ2n) is 6.26. The average molecular weight is 245 g/mol. The van der Waals surface area contributed by atoms with E-state index < -0.39 is 0 Å². The van der Waals surface area contributed by atoms with Crippen LogP contribution in [-0.4, -0.2) is 29.2 Å². The number of aryl methyl sites for hydroxylation is 2. The Morgan fingerprint density at radius 2 is 1.83 bits per heavy atom. The van der Waals surface area contributed by atoms with Gasteiger partial charge in [0.25, 0.3) is 0 Å². The molecule has 98 valence electrons. The molecule has 3 unspecified atom stereocenters. The van der Waals surface area contributed by atoms with E-state index in [0.717, 1.165) is 25.4 Å². The maximum absolute atomic E-state index is 9.94. The van der Waals surface area contributed by atoms with Crippen molar-refractivity contribution in [1.82, 2.24) is 4.90 Å². The highest BCUT2D eigenvalue weighted by molar-refractivity contribution is 5.28. The third-order valence-electron chi connectivity index (χ3n) is 4.58. The minimum atomic E-state index is -0.0424. The highest BCUT2D eigenvalue weighted by Crippen LogP contribution is 2.38. The zero-order valence-electron chi connectivity index (χ0n) is 11.4. The van der Waals surface area contributed by atoms with Crippen LogP contribution in [0.2, 0.25) is 0 Å². The predicted octanol–water partition coefficient (Wildman–Crippen LogP) is 2.51. The van der Waals surface area contributed by atoms with Crippen LogP contribution in [0, 0.1) is 25.7 Å². The SMILES string of the molecule is Cc1cc(C)cc(CN2CC3CCC(O)C3C2)c1. The number of fused-ring (bicyclic) bond motifs is 1. The number of hydrogen-bond donors (Lipinski definition) is 1. The Kier molecular flexibility index (Phi) is 3.16. The predicted molar refractivity (Wildman–Crippen MR) is 73.4 cm³/mol. The lowest BCUT2D eigenvalue weighted by Gasteiger charge is -2.18. The zero-order valence-corrected chi connectivity index (χ0v) is 11.4. The second kappa shape index (κ2) is 4.67. The van der Waals surface area contributed by atoms with Crippen LogP contribution >= 0.6 is 0 Å². The monoisotopic (exact) mass is 245 g/mol. The number of nitrogens with zero attached hydrogens (tertiary/aromatic N) is 1. The Bertz CT molecular complexity index is 422. The lowest BCUT2D eigenvalue weighted by Crippen LogP contribution is -2.24. The number of benzene rings is 1. The minimum absolute atomic E-state index is 0.0424. The van der Waals surface area contributed by atoms with Gasteiger partial charge in [-0.25, -0.2) is 0 Å². The van der Waals surface area contributed by atoms with Gasteiger partial charge in [-0.05, 0) is 38.2 Å². The van der Waals surface area contributed by atoms with Crippen LogP contribution in [0.1, 0.15) is 29.5 Å². The highest BCUT2D eigenvalue weighted by atomic mass is 16.3. The van der Waals surface area contributed by atoms with Gasteiger partial charge in [-0.3, -0.25) is 4.90 Å². The highest BCUT2D eigenvalue weighted by Gasteiger charge is 2.41. The van der Waals surface area contributed by atoms with Crippen molar-refractivity contribution < 1.29 is 5.11 Å². The molecule has 0 radical (unpaired) electrons. The van der Waals surface area contributed by atoms with Crippen LogP contribution in [-0.2, 0) is 6.54 Å². The summed E-state index contributed by atoms with van der Waals surface area (Å²) in [6, 6.07) is 6.81. The van der Waals surface area contributed by atoms with Gasteiger partial charge in [-0.2, -0.15) is 0 Å². The Morgan fingerprint density at radius 1 is 1.11 bits per heavy atom. The molecule has 18 heavy (non-hydrogen) atoms. The molecular formula is C16H23NO. The summed E-state index contributed by atoms with van der Waals surface area (Å²) in [4.78, 5) is 2.52. The molecule has 1 N–H and O–H groups in total. The summed E-state index contributed by atoms with van der Waals surface area (Å²) in [7, 11) is 0. The van der Waals surface area contributed by atoms with Crippen molar-refractivity contribution in [3.63, 3.8) is 0 Å². The lowest BCUT2D eigenvalue weighted by atomic mass is 10.00. The fourth-order valence-corrected chi connectivity index (χ4v) is 3.88. The van der Waals surface area contributed by atoms with E-state index in [2.05, 4.69) is 36.9 Å². The Hall–Kier alpha value is -0.860. The van der Waals surface area contributed by atoms with Gasteiger partial charge in [-0.15, -0.1) is 0 Å². The molecule has 1 heterocycles. The molecule has 3 atom stereocenters. The smallest absolute Gasteiger partial charge is 0.0583 e. The summed E-state index contributed by atoms with van der Waals surface area (Å²) in [6.45, 7) is 7.63. The van der Waals surface area contributed by atoms with E-state index in [0.29, 0.717) is 5.92 Å². The molecule has 1 saturated heterocycles. The third kappa shape index (κ3) is 2.32. The zero-order chi connectivity index (χ0) is 12.7. The molecule has 3 rings (SSSR count). The van der Waals surface area contributed by atoms with Crippen LogP contribution in [0.15, 0.2) is 18.2 Å². The summed E-state index contributed by atoms with van der Waals surface area (Å²) in [6.07, 6.45) is 2.20. The lowest BCUT2D eigenvalue weighted by molar-refractivity contribution is 0.123. The maximum atomic E-state index is 9.94. The van der Waals surface area contributed by atoms with Gasteiger partial charge in [-0.1, -0.05) is 29.3 Å². The summed E-state index contributed by atoms with van der Waals surface area (Å²) >= 11 is 0. The van der Waals surface area contributed by atoms with E-state index in [1.807, 2.05) is 0 Å². The molecule has 2 heteroatoms. The molecule has 2 nitrogen and oxygen atoms in total. The van der Waals surface area contributed by atoms with Gasteiger partial charge in [0.1, 0.15) is 0 Å². The van der Waals surface area contributed by atoms with E-state index in [4.69, 9.17) is 0 Å². The minimum Gasteiger partial charge on any atom is -0.393 e. The molecule has 1 aromatic carbocycles. The topological polar surface area (TPSA) is 23.5 Å². The van der Waals surface area contributed by atoms with Crippen molar-refractivity contribution in [2.75, 3.05) is 13.1 Å². The average Bonchev–Trinajstić information content (AvgIpc) is 2.80. The van der Waals surface area contributed by atoms with Crippen LogP contribution in [0.3, 0.4) is 0 Å². The summed E-state index contributed by atoms with van der Waals surface area (Å²) in [5.41, 5.74) is 4.12. The van der Waals surface area contributed by atoms with Crippen molar-refractivity contribution in [1.29, 1.82) is 0 Å². The molecule has 1 saturated carbocycles. The third-order valence-corrected chi connectivity index (χ3v) is 4.58. The van der Waals surface area contributed by atoms with Crippen LogP contribution in [0.25, 0.3) is 0 Å². The van der Waals surface area contributed by atoms with Crippen LogP contribution in [0.4, 0.5) is 0 Å². The van der Waals surface area contributed by atoms with Gasteiger partial charge in [0.15, 0.2) is 0 Å². The van der Waals surface area contributed by atoms with E-state index in [9.17, 15) is 5.11 Å². The van der Waals surface area contributed by atoms with Gasteiger partial charge in [0, 0.05) is 25.6 Å². The Balaban J connectivity index is 1.67. The molecule has 1 aliphatic heterocycles. The van der Waals surface area contributed by atoms with Crippen LogP contribution < -0.4 is 0 Å². The first kappa shape index (κ1) is 12.2. The number of rotatable bonds is 2. The van der Waals surface area contributed by atoms with Crippen molar-refractivity contribution >= 4 is 0 Å². The summed E-state index contributed by atoms with van der Waals surface area (Å²) < 4.78 is 0. The Morgan fingerprint density at radius 3 is 2.50 bits per heavy atom. The Labute approximate surface area is 110 Å². The molecule has 0 aromatic heterocycles. The fourth-order valence-electron chi connectivity index (χ4n) is 3.88. The van der Waals surface area contributed by atoms with Crippen molar-refractivity contribution in [3.05, 3.63) is 34.9 Å². The van der Waals surface area contributed by atoms with Gasteiger partial charge < -0.3 is 5.11 Å². The number of likely N-dealkylation sites (tertiary alicyclic amines) is 1. The number of aliphatic hydroxyl groups excluding tert-OH is 1. The standard InChI is InChI=1S/C16H23NO/c1-11-5-12(2)7-13(6-11)8-17-9-14-3-4-16(18)15(14)10-17/h5-7,14-16,18H,3-4,8-10H2,1-2H3. The first-order chi connectivity index (χ1) is 8.61. The van der Waals surface area contributed by atoms with E-state index in [1.54, 1.807) is 0 Å². The molecule has 1 aliphatic carbocycles. The first-order valence-electron chi connectivity index (χ1n) is 7.09. The van der Waals surface area contributed by atoms with Crippen LogP contribution in [0.5, 0.6) is 0 Å². The molecule has 0 spiro atoms. The van der Waals surface area contributed by atoms with Gasteiger partial charge in [0.05, 0.1) is 6.10 Å². The fraction of sp³-hybridized carbons (Fsp3) is 0.625. The molecule has 2 aliphatic rings. The second-order valence-corrected chi connectivity index (χ2v) is 6.26. The van der Waals surface area contributed by atoms with E-state index >= 15 is 0 Å².